The third-order valence-electron chi connectivity index (χ3n) is 4.24. The van der Waals surface area contributed by atoms with Crippen molar-refractivity contribution >= 4 is 50.8 Å². The lowest BCUT2D eigenvalue weighted by molar-refractivity contribution is -0.111. The maximum Gasteiger partial charge on any atom is 0.248 e. The number of aryl methyl sites for hydroxylation is 1. The lowest BCUT2D eigenvalue weighted by Crippen LogP contribution is -2.07. The summed E-state index contributed by atoms with van der Waals surface area (Å²) in [6, 6.07) is 21.3. The predicted octanol–water partition coefficient (Wildman–Crippen LogP) is 6.58. The van der Waals surface area contributed by atoms with Crippen LogP contribution in [0.3, 0.4) is 0 Å². The van der Waals surface area contributed by atoms with Gasteiger partial charge in [0.1, 0.15) is 5.01 Å². The molecule has 5 heteroatoms. The number of halogens is 1. The van der Waals surface area contributed by atoms with E-state index in [1.54, 1.807) is 29.5 Å². The van der Waals surface area contributed by atoms with E-state index in [4.69, 9.17) is 16.6 Å². The minimum absolute atomic E-state index is 0.182. The van der Waals surface area contributed by atoms with E-state index in [-0.39, 0.29) is 5.91 Å². The molecule has 0 saturated carbocycles. The largest absolute Gasteiger partial charge is 0.323 e. The monoisotopic (exact) mass is 404 g/mol. The number of hydrogen-bond donors (Lipinski definition) is 1. The van der Waals surface area contributed by atoms with Gasteiger partial charge in [-0.1, -0.05) is 29.8 Å². The van der Waals surface area contributed by atoms with Crippen molar-refractivity contribution in [3.63, 3.8) is 0 Å². The summed E-state index contributed by atoms with van der Waals surface area (Å²) in [5.74, 6) is -0.182. The molecule has 4 rings (SSSR count). The number of fused-ring (bicyclic) bond motifs is 1. The highest BCUT2D eigenvalue weighted by Crippen LogP contribution is 2.31. The molecule has 0 unspecified atom stereocenters. The van der Waals surface area contributed by atoms with Crippen LogP contribution in [-0.2, 0) is 4.79 Å². The molecule has 0 aliphatic heterocycles. The molecular formula is C23H17ClN2OS. The van der Waals surface area contributed by atoms with Crippen LogP contribution in [0.1, 0.15) is 11.1 Å². The first-order chi connectivity index (χ1) is 13.6. The molecule has 3 nitrogen and oxygen atoms in total. The zero-order valence-electron chi connectivity index (χ0n) is 15.1. The molecule has 0 saturated heterocycles. The number of aromatic nitrogens is 1. The van der Waals surface area contributed by atoms with Gasteiger partial charge in [0.25, 0.3) is 0 Å². The number of thiazole rings is 1. The molecule has 1 N–H and O–H groups in total. The number of hydrogen-bond acceptors (Lipinski definition) is 3. The Balaban J connectivity index is 1.45. The highest BCUT2D eigenvalue weighted by Gasteiger charge is 2.07. The van der Waals surface area contributed by atoms with Crippen LogP contribution in [0, 0.1) is 6.92 Å². The lowest BCUT2D eigenvalue weighted by atomic mass is 10.2. The summed E-state index contributed by atoms with van der Waals surface area (Å²) in [7, 11) is 0. The molecule has 1 heterocycles. The van der Waals surface area contributed by atoms with Gasteiger partial charge in [-0.15, -0.1) is 11.3 Å². The number of nitrogens with one attached hydrogen (secondary N) is 1. The summed E-state index contributed by atoms with van der Waals surface area (Å²) in [5.41, 5.74) is 4.93. The van der Waals surface area contributed by atoms with Crippen LogP contribution in [0.2, 0.25) is 5.02 Å². The number of amides is 1. The number of rotatable bonds is 4. The fraction of sp³-hybridized carbons (Fsp3) is 0.0435. The average Bonchev–Trinajstić information content (AvgIpc) is 3.11. The van der Waals surface area contributed by atoms with Crippen molar-refractivity contribution in [1.29, 1.82) is 0 Å². The zero-order valence-corrected chi connectivity index (χ0v) is 16.7. The molecule has 138 valence electrons. The van der Waals surface area contributed by atoms with Crippen molar-refractivity contribution < 1.29 is 4.79 Å². The van der Waals surface area contributed by atoms with Gasteiger partial charge >= 0.3 is 0 Å². The van der Waals surface area contributed by atoms with E-state index < -0.39 is 0 Å². The van der Waals surface area contributed by atoms with Gasteiger partial charge in [-0.3, -0.25) is 4.79 Å². The first-order valence-electron chi connectivity index (χ1n) is 8.79. The Morgan fingerprint density at radius 3 is 2.54 bits per heavy atom. The molecule has 0 radical (unpaired) electrons. The van der Waals surface area contributed by atoms with Crippen LogP contribution >= 0.6 is 22.9 Å². The van der Waals surface area contributed by atoms with E-state index >= 15 is 0 Å². The Labute approximate surface area is 172 Å². The van der Waals surface area contributed by atoms with E-state index in [1.165, 1.54) is 16.3 Å². The SMILES string of the molecule is Cc1ccc2nc(-c3ccc(NC(=O)/C=C/c4ccc(Cl)cc4)cc3)sc2c1. The van der Waals surface area contributed by atoms with Crippen LogP contribution in [-0.4, -0.2) is 10.9 Å². The normalized spacial score (nSPS) is 11.2. The molecular weight excluding hydrogens is 388 g/mol. The lowest BCUT2D eigenvalue weighted by Gasteiger charge is -2.03. The van der Waals surface area contributed by atoms with Crippen molar-refractivity contribution in [3.05, 3.63) is 89.0 Å². The summed E-state index contributed by atoms with van der Waals surface area (Å²) in [4.78, 5) is 16.8. The van der Waals surface area contributed by atoms with Gasteiger partial charge in [-0.05, 0) is 72.7 Å². The Hall–Kier alpha value is -2.95. The number of nitrogens with zero attached hydrogens (tertiary/aromatic N) is 1. The van der Waals surface area contributed by atoms with Gasteiger partial charge in [-0.25, -0.2) is 4.98 Å². The number of benzene rings is 3. The quantitative estimate of drug-likeness (QED) is 0.390. The number of anilines is 1. The molecule has 28 heavy (non-hydrogen) atoms. The van der Waals surface area contributed by atoms with E-state index in [1.807, 2.05) is 42.5 Å². The van der Waals surface area contributed by atoms with Crippen molar-refractivity contribution in [2.45, 2.75) is 6.92 Å². The van der Waals surface area contributed by atoms with E-state index in [0.29, 0.717) is 5.02 Å². The highest BCUT2D eigenvalue weighted by atomic mass is 35.5. The molecule has 0 atom stereocenters. The number of carbonyl (C=O) groups is 1. The van der Waals surface area contributed by atoms with Crippen molar-refractivity contribution in [2.24, 2.45) is 0 Å². The maximum atomic E-state index is 12.1. The van der Waals surface area contributed by atoms with Crippen molar-refractivity contribution in [3.8, 4) is 10.6 Å². The molecule has 1 aromatic heterocycles. The minimum Gasteiger partial charge on any atom is -0.323 e. The standard InChI is InChI=1S/C23H17ClN2OS/c1-15-2-12-20-21(14-15)28-23(26-20)17-6-10-19(11-7-17)25-22(27)13-5-16-3-8-18(24)9-4-16/h2-14H,1H3,(H,25,27)/b13-5+. The molecule has 0 spiro atoms. The molecule has 0 aliphatic rings. The summed E-state index contributed by atoms with van der Waals surface area (Å²) >= 11 is 7.53. The fourth-order valence-corrected chi connectivity index (χ4v) is 3.98. The molecule has 0 aliphatic carbocycles. The Bertz CT molecular complexity index is 1160. The maximum absolute atomic E-state index is 12.1. The third kappa shape index (κ3) is 4.30. The Morgan fingerprint density at radius 2 is 1.79 bits per heavy atom. The van der Waals surface area contributed by atoms with Gasteiger partial charge in [0.05, 0.1) is 10.2 Å². The predicted molar refractivity (Wildman–Crippen MR) is 119 cm³/mol. The average molecular weight is 405 g/mol. The van der Waals surface area contributed by atoms with Crippen molar-refractivity contribution in [1.82, 2.24) is 4.98 Å². The van der Waals surface area contributed by atoms with Crippen LogP contribution in [0.4, 0.5) is 5.69 Å². The molecule has 0 bridgehead atoms. The van der Waals surface area contributed by atoms with E-state index in [0.717, 1.165) is 27.3 Å². The summed E-state index contributed by atoms with van der Waals surface area (Å²) in [5, 5.41) is 4.51. The van der Waals surface area contributed by atoms with Gasteiger partial charge in [0, 0.05) is 22.3 Å². The third-order valence-corrected chi connectivity index (χ3v) is 5.56. The van der Waals surface area contributed by atoms with Gasteiger partial charge in [-0.2, -0.15) is 0 Å². The topological polar surface area (TPSA) is 42.0 Å². The molecule has 1 amide bonds. The summed E-state index contributed by atoms with van der Waals surface area (Å²) in [6.45, 7) is 2.08. The second kappa shape index (κ2) is 7.97. The van der Waals surface area contributed by atoms with E-state index in [9.17, 15) is 4.79 Å². The number of carbonyl (C=O) groups excluding carboxylic acids is 1. The zero-order chi connectivity index (χ0) is 19.5. The first-order valence-corrected chi connectivity index (χ1v) is 9.98. The molecule has 4 aromatic rings. The van der Waals surface area contributed by atoms with Crippen molar-refractivity contribution in [2.75, 3.05) is 5.32 Å². The van der Waals surface area contributed by atoms with E-state index in [2.05, 4.69) is 24.4 Å². The smallest absolute Gasteiger partial charge is 0.248 e. The van der Waals surface area contributed by atoms with Gasteiger partial charge in [0.15, 0.2) is 0 Å². The van der Waals surface area contributed by atoms with Crippen LogP contribution in [0.15, 0.2) is 72.8 Å². The second-order valence-electron chi connectivity index (χ2n) is 6.44. The van der Waals surface area contributed by atoms with Crippen LogP contribution < -0.4 is 5.32 Å². The minimum atomic E-state index is -0.182. The first kappa shape index (κ1) is 18.4. The highest BCUT2D eigenvalue weighted by molar-refractivity contribution is 7.21. The fourth-order valence-electron chi connectivity index (χ4n) is 2.78. The Morgan fingerprint density at radius 1 is 1.04 bits per heavy atom. The van der Waals surface area contributed by atoms with Gasteiger partial charge in [0.2, 0.25) is 5.91 Å². The second-order valence-corrected chi connectivity index (χ2v) is 7.91. The summed E-state index contributed by atoms with van der Waals surface area (Å²) < 4.78 is 1.18. The molecule has 3 aromatic carbocycles. The van der Waals surface area contributed by atoms with Gasteiger partial charge < -0.3 is 5.32 Å². The Kier molecular flexibility index (Phi) is 5.24. The molecule has 0 fully saturated rings. The van der Waals surface area contributed by atoms with Crippen LogP contribution in [0.5, 0.6) is 0 Å². The summed E-state index contributed by atoms with van der Waals surface area (Å²) in [6.07, 6.45) is 3.26. The van der Waals surface area contributed by atoms with Crippen LogP contribution in [0.25, 0.3) is 26.9 Å².